The van der Waals surface area contributed by atoms with Gasteiger partial charge in [0, 0.05) is 16.9 Å². The number of nitrogens with one attached hydrogen (secondary N) is 1. The number of hydrogen-bond acceptors (Lipinski definition) is 2. The fraction of sp³-hybridized carbons (Fsp3) is 0.250. The first kappa shape index (κ1) is 12.9. The number of aromatic hydroxyl groups is 1. The molecule has 2 aromatic carbocycles. The topological polar surface area (TPSA) is 48.9 Å². The minimum atomic E-state index is 0.411. The van der Waals surface area contributed by atoms with Crippen LogP contribution in [-0.4, -0.2) is 15.3 Å². The lowest BCUT2D eigenvalue weighted by atomic mass is 9.74. The zero-order valence-corrected chi connectivity index (χ0v) is 12.8. The number of aromatic nitrogens is 2. The number of phenols is 1. The molecular weight excluding hydrogens is 284 g/mol. The second-order valence-corrected chi connectivity index (χ2v) is 6.63. The van der Waals surface area contributed by atoms with Crippen molar-refractivity contribution in [1.29, 1.82) is 0 Å². The van der Waals surface area contributed by atoms with E-state index in [1.165, 1.54) is 29.5 Å². The van der Waals surface area contributed by atoms with Crippen LogP contribution in [0.3, 0.4) is 0 Å². The largest absolute Gasteiger partial charge is 0.507 e. The second kappa shape index (κ2) is 4.72. The lowest BCUT2D eigenvalue weighted by Gasteiger charge is -2.31. The van der Waals surface area contributed by atoms with Gasteiger partial charge in [0.1, 0.15) is 5.75 Å². The maximum Gasteiger partial charge on any atom is 0.123 e. The maximum atomic E-state index is 10.7. The van der Waals surface area contributed by atoms with E-state index in [-0.39, 0.29) is 0 Å². The van der Waals surface area contributed by atoms with Crippen LogP contribution in [0.4, 0.5) is 0 Å². The quantitative estimate of drug-likeness (QED) is 0.652. The Morgan fingerprint density at radius 3 is 3.13 bits per heavy atom. The van der Waals surface area contributed by atoms with E-state index in [1.54, 1.807) is 0 Å². The molecule has 0 unspecified atom stereocenters. The zero-order valence-electron chi connectivity index (χ0n) is 12.8. The van der Waals surface area contributed by atoms with E-state index in [9.17, 15) is 5.11 Å². The van der Waals surface area contributed by atoms with Gasteiger partial charge >= 0.3 is 0 Å². The number of allylic oxidation sites excluding steroid dienone is 2. The van der Waals surface area contributed by atoms with E-state index in [2.05, 4.69) is 40.5 Å². The number of hydrogen-bond donors (Lipinski definition) is 2. The van der Waals surface area contributed by atoms with Gasteiger partial charge in [0.15, 0.2) is 0 Å². The van der Waals surface area contributed by atoms with Gasteiger partial charge in [-0.2, -0.15) is 5.10 Å². The molecule has 0 amide bonds. The highest BCUT2D eigenvalue weighted by Crippen LogP contribution is 2.46. The maximum absolute atomic E-state index is 10.7. The summed E-state index contributed by atoms with van der Waals surface area (Å²) in [6.45, 7) is 0. The summed E-state index contributed by atoms with van der Waals surface area (Å²) in [7, 11) is 0. The fourth-order valence-corrected chi connectivity index (χ4v) is 4.29. The number of aryl methyl sites for hydroxylation is 1. The minimum absolute atomic E-state index is 0.411. The molecule has 2 aliphatic carbocycles. The predicted octanol–water partition coefficient (Wildman–Crippen LogP) is 4.47. The van der Waals surface area contributed by atoms with Crippen molar-refractivity contribution in [3.05, 3.63) is 59.3 Å². The molecule has 0 fully saturated rings. The normalized spacial score (nSPS) is 19.0. The van der Waals surface area contributed by atoms with Crippen LogP contribution in [0.15, 0.2) is 42.6 Å². The molecule has 114 valence electrons. The number of nitrogens with zero attached hydrogens (tertiary/aromatic N) is 1. The van der Waals surface area contributed by atoms with Crippen molar-refractivity contribution < 1.29 is 5.11 Å². The van der Waals surface area contributed by atoms with Crippen molar-refractivity contribution >= 4 is 10.9 Å². The Hall–Kier alpha value is -2.55. The van der Waals surface area contributed by atoms with Crippen LogP contribution in [0.2, 0.25) is 0 Å². The van der Waals surface area contributed by atoms with Gasteiger partial charge in [0.25, 0.3) is 0 Å². The van der Waals surface area contributed by atoms with Crippen molar-refractivity contribution in [3.8, 4) is 16.9 Å². The van der Waals surface area contributed by atoms with Gasteiger partial charge in [-0.05, 0) is 60.1 Å². The average molecular weight is 302 g/mol. The van der Waals surface area contributed by atoms with Crippen molar-refractivity contribution in [3.63, 3.8) is 0 Å². The third-order valence-corrected chi connectivity index (χ3v) is 5.29. The zero-order chi connectivity index (χ0) is 15.4. The number of phenolic OH excluding ortho intramolecular Hbond substituents is 1. The highest BCUT2D eigenvalue weighted by atomic mass is 16.3. The van der Waals surface area contributed by atoms with Crippen LogP contribution in [0.25, 0.3) is 22.0 Å². The summed E-state index contributed by atoms with van der Waals surface area (Å²) in [6.07, 6.45) is 10.9. The summed E-state index contributed by atoms with van der Waals surface area (Å²) in [5.74, 6) is 0.936. The third kappa shape index (κ3) is 1.86. The first-order valence-electron chi connectivity index (χ1n) is 8.29. The summed E-state index contributed by atoms with van der Waals surface area (Å²) in [6, 6.07) is 8.24. The first-order chi connectivity index (χ1) is 11.3. The van der Waals surface area contributed by atoms with Crippen LogP contribution < -0.4 is 0 Å². The molecule has 2 N–H and O–H groups in total. The van der Waals surface area contributed by atoms with E-state index < -0.39 is 0 Å². The Balaban J connectivity index is 1.79. The predicted molar refractivity (Wildman–Crippen MR) is 91.7 cm³/mol. The van der Waals surface area contributed by atoms with Crippen LogP contribution in [0.1, 0.15) is 35.4 Å². The van der Waals surface area contributed by atoms with Gasteiger partial charge in [-0.3, -0.25) is 5.10 Å². The molecule has 0 radical (unpaired) electrons. The Morgan fingerprint density at radius 1 is 1.22 bits per heavy atom. The lowest BCUT2D eigenvalue weighted by molar-refractivity contribution is 0.473. The average Bonchev–Trinajstić information content (AvgIpc) is 3.03. The third-order valence-electron chi connectivity index (χ3n) is 5.29. The molecule has 1 aromatic heterocycles. The molecule has 3 aromatic rings. The van der Waals surface area contributed by atoms with E-state index in [0.717, 1.165) is 34.9 Å². The van der Waals surface area contributed by atoms with Crippen molar-refractivity contribution in [2.45, 2.75) is 31.6 Å². The van der Waals surface area contributed by atoms with Gasteiger partial charge in [-0.25, -0.2) is 0 Å². The summed E-state index contributed by atoms with van der Waals surface area (Å²) in [5, 5.41) is 18.9. The van der Waals surface area contributed by atoms with E-state index >= 15 is 0 Å². The first-order valence-corrected chi connectivity index (χ1v) is 8.29. The summed E-state index contributed by atoms with van der Waals surface area (Å²) >= 11 is 0. The van der Waals surface area contributed by atoms with E-state index in [4.69, 9.17) is 0 Å². The van der Waals surface area contributed by atoms with Gasteiger partial charge in [-0.1, -0.05) is 24.3 Å². The minimum Gasteiger partial charge on any atom is -0.507 e. The molecule has 0 spiro atoms. The van der Waals surface area contributed by atoms with E-state index in [1.807, 2.05) is 12.3 Å². The summed E-state index contributed by atoms with van der Waals surface area (Å²) < 4.78 is 0. The van der Waals surface area contributed by atoms with Gasteiger partial charge in [-0.15, -0.1) is 0 Å². The Bertz CT molecular complexity index is 952. The number of fused-ring (bicyclic) bond motifs is 1. The molecule has 3 nitrogen and oxygen atoms in total. The highest BCUT2D eigenvalue weighted by molar-refractivity contribution is 5.87. The number of benzene rings is 2. The molecule has 1 atom stereocenters. The molecule has 3 heteroatoms. The SMILES string of the molecule is Oc1cc2c3c(c1-c1ccc4cn[nH]c4c1)CC=C[C@H]3CCC2. The molecule has 5 rings (SSSR count). The number of aromatic amines is 1. The molecule has 2 aliphatic rings. The van der Waals surface area contributed by atoms with Crippen LogP contribution in [0.5, 0.6) is 5.75 Å². The molecule has 0 aliphatic heterocycles. The molecule has 1 heterocycles. The van der Waals surface area contributed by atoms with Gasteiger partial charge in [0.2, 0.25) is 0 Å². The lowest BCUT2D eigenvalue weighted by Crippen LogP contribution is -2.15. The molecule has 0 saturated heterocycles. The number of H-pyrrole nitrogens is 1. The van der Waals surface area contributed by atoms with E-state index in [0.29, 0.717) is 11.7 Å². The summed E-state index contributed by atoms with van der Waals surface area (Å²) in [5.41, 5.74) is 7.19. The Kier molecular flexibility index (Phi) is 2.66. The summed E-state index contributed by atoms with van der Waals surface area (Å²) in [4.78, 5) is 0. The van der Waals surface area contributed by atoms with Crippen molar-refractivity contribution in [1.82, 2.24) is 10.2 Å². The molecular formula is C20H18N2O. The standard InChI is InChI=1S/C20H18N2O/c23-18-10-13-5-1-3-12-4-2-6-16(19(12)13)20(18)14-7-8-15-11-21-22-17(15)9-14/h2,4,7-12,23H,1,3,5-6H2,(H,21,22)/t12-/m1/s1. The van der Waals surface area contributed by atoms with Gasteiger partial charge < -0.3 is 5.11 Å². The number of rotatable bonds is 1. The van der Waals surface area contributed by atoms with Crippen LogP contribution in [0, 0.1) is 0 Å². The smallest absolute Gasteiger partial charge is 0.123 e. The van der Waals surface area contributed by atoms with Crippen LogP contribution in [-0.2, 0) is 12.8 Å². The second-order valence-electron chi connectivity index (χ2n) is 6.63. The Morgan fingerprint density at radius 2 is 2.17 bits per heavy atom. The fourth-order valence-electron chi connectivity index (χ4n) is 4.29. The van der Waals surface area contributed by atoms with Crippen molar-refractivity contribution in [2.75, 3.05) is 0 Å². The monoisotopic (exact) mass is 302 g/mol. The highest BCUT2D eigenvalue weighted by Gasteiger charge is 2.27. The van der Waals surface area contributed by atoms with Crippen LogP contribution >= 0.6 is 0 Å². The van der Waals surface area contributed by atoms with Gasteiger partial charge in [0.05, 0.1) is 11.7 Å². The van der Waals surface area contributed by atoms with Crippen molar-refractivity contribution in [2.24, 2.45) is 0 Å². The molecule has 0 saturated carbocycles. The Labute approximate surface area is 134 Å². The molecule has 23 heavy (non-hydrogen) atoms. The molecule has 0 bridgehead atoms.